The second-order valence-corrected chi connectivity index (χ2v) is 14.4. The highest BCUT2D eigenvalue weighted by Gasteiger charge is 2.51. The molecule has 50 heavy (non-hydrogen) atoms. The lowest BCUT2D eigenvalue weighted by Gasteiger charge is -2.45. The van der Waals surface area contributed by atoms with Gasteiger partial charge < -0.3 is 29.0 Å². The lowest BCUT2D eigenvalue weighted by atomic mass is 9.94. The minimum atomic E-state index is -1.12. The minimum Gasteiger partial charge on any atom is -0.463 e. The molecule has 1 aliphatic rings. The Morgan fingerprint density at radius 3 is 1.40 bits per heavy atom. The van der Waals surface area contributed by atoms with Crippen molar-refractivity contribution >= 4 is 23.8 Å². The molecule has 1 rings (SSSR count). The van der Waals surface area contributed by atoms with Crippen molar-refractivity contribution in [2.45, 2.75) is 213 Å². The largest absolute Gasteiger partial charge is 0.463 e. The lowest BCUT2D eigenvalue weighted by molar-refractivity contribution is -0.280. The molecule has 0 saturated carbocycles. The Bertz CT molecular complexity index is 889. The molecular formula is C40H73NO9. The average molecular weight is 712 g/mol. The molecule has 1 saturated heterocycles. The molecule has 1 N–H and O–H groups in total. The molecule has 1 amide bonds. The lowest BCUT2D eigenvalue weighted by Crippen LogP contribution is -2.66. The van der Waals surface area contributed by atoms with Crippen LogP contribution >= 0.6 is 0 Å². The van der Waals surface area contributed by atoms with Crippen molar-refractivity contribution in [3.05, 3.63) is 0 Å². The molecule has 0 spiro atoms. The first-order valence-electron chi connectivity index (χ1n) is 20.1. The van der Waals surface area contributed by atoms with E-state index in [1.54, 1.807) is 0 Å². The topological polar surface area (TPSA) is 126 Å². The minimum absolute atomic E-state index is 0.238. The predicted octanol–water partition coefficient (Wildman–Crippen LogP) is 8.90. The molecule has 292 valence electrons. The van der Waals surface area contributed by atoms with Gasteiger partial charge in [0.05, 0.1) is 6.61 Å². The van der Waals surface area contributed by atoms with Crippen LogP contribution in [0.15, 0.2) is 0 Å². The first-order valence-corrected chi connectivity index (χ1v) is 20.1. The first-order chi connectivity index (χ1) is 24.1. The van der Waals surface area contributed by atoms with Crippen LogP contribution in [0.25, 0.3) is 0 Å². The summed E-state index contributed by atoms with van der Waals surface area (Å²) in [6, 6.07) is -0.940. The van der Waals surface area contributed by atoms with Crippen molar-refractivity contribution in [3.8, 4) is 0 Å². The number of hydrogen-bond donors (Lipinski definition) is 1. The summed E-state index contributed by atoms with van der Waals surface area (Å²) in [5.41, 5.74) is 0. The monoisotopic (exact) mass is 712 g/mol. The highest BCUT2D eigenvalue weighted by molar-refractivity contribution is 5.73. The van der Waals surface area contributed by atoms with Crippen molar-refractivity contribution in [1.82, 2.24) is 5.32 Å². The Labute approximate surface area is 304 Å². The zero-order valence-electron chi connectivity index (χ0n) is 32.6. The Morgan fingerprint density at radius 1 is 0.580 bits per heavy atom. The van der Waals surface area contributed by atoms with Gasteiger partial charge in [0.15, 0.2) is 18.5 Å². The molecule has 10 heteroatoms. The fourth-order valence-corrected chi connectivity index (χ4v) is 6.82. The summed E-state index contributed by atoms with van der Waals surface area (Å²) in [6.45, 7) is 9.77. The molecule has 1 fully saturated rings. The van der Waals surface area contributed by atoms with Crippen molar-refractivity contribution < 1.29 is 42.9 Å². The van der Waals surface area contributed by atoms with Gasteiger partial charge in [-0.2, -0.15) is 0 Å². The number of esters is 3. The van der Waals surface area contributed by atoms with Gasteiger partial charge in [0.1, 0.15) is 18.8 Å². The molecule has 0 aromatic heterocycles. The number of rotatable bonds is 30. The highest BCUT2D eigenvalue weighted by atomic mass is 16.7. The van der Waals surface area contributed by atoms with Gasteiger partial charge in [0.2, 0.25) is 5.91 Å². The number of nitrogens with one attached hydrogen (secondary N) is 1. The van der Waals surface area contributed by atoms with E-state index >= 15 is 0 Å². The number of hydrogen-bond acceptors (Lipinski definition) is 9. The van der Waals surface area contributed by atoms with Crippen LogP contribution in [-0.4, -0.2) is 67.7 Å². The molecule has 5 atom stereocenters. The molecule has 0 aromatic rings. The average Bonchev–Trinajstić information content (AvgIpc) is 3.05. The molecule has 0 radical (unpaired) electrons. The van der Waals surface area contributed by atoms with Gasteiger partial charge in [0, 0.05) is 27.7 Å². The van der Waals surface area contributed by atoms with E-state index in [0.717, 1.165) is 25.7 Å². The van der Waals surface area contributed by atoms with Crippen molar-refractivity contribution in [1.29, 1.82) is 0 Å². The van der Waals surface area contributed by atoms with E-state index in [9.17, 15) is 19.2 Å². The molecular weight excluding hydrogens is 638 g/mol. The molecule has 10 nitrogen and oxygen atoms in total. The van der Waals surface area contributed by atoms with E-state index < -0.39 is 48.6 Å². The second kappa shape index (κ2) is 29.4. The number of unbranched alkanes of at least 4 members (excludes halogenated alkanes) is 18. The third kappa shape index (κ3) is 22.6. The molecule has 1 aliphatic heterocycles. The van der Waals surface area contributed by atoms with Gasteiger partial charge in [-0.3, -0.25) is 19.2 Å². The van der Waals surface area contributed by atoms with Gasteiger partial charge in [-0.05, 0) is 18.8 Å². The smallest absolute Gasteiger partial charge is 0.303 e. The molecule has 0 aromatic carbocycles. The Balaban J connectivity index is 2.92. The maximum absolute atomic E-state index is 12.3. The van der Waals surface area contributed by atoms with Crippen LogP contribution in [0.4, 0.5) is 0 Å². The number of amides is 1. The summed E-state index contributed by atoms with van der Waals surface area (Å²) < 4.78 is 29.1. The molecule has 1 heterocycles. The van der Waals surface area contributed by atoms with E-state index in [1.165, 1.54) is 143 Å². The third-order valence-corrected chi connectivity index (χ3v) is 9.50. The normalized spacial score (nSPS) is 20.4. The zero-order valence-corrected chi connectivity index (χ0v) is 32.6. The van der Waals surface area contributed by atoms with E-state index in [1.807, 2.05) is 0 Å². The summed E-state index contributed by atoms with van der Waals surface area (Å²) in [5, 5.41) is 2.81. The number of carbonyl (C=O) groups is 4. The van der Waals surface area contributed by atoms with Crippen LogP contribution < -0.4 is 5.32 Å². The fraction of sp³-hybridized carbons (Fsp3) is 0.900. The molecule has 0 aliphatic carbocycles. The van der Waals surface area contributed by atoms with E-state index in [4.69, 9.17) is 23.7 Å². The standard InChI is InChI=1S/C40H73NO9/c1-7-9-11-13-15-17-19-21-23-25-27-35(28-26-24-22-20-18-16-14-12-10-8-2)29-47-40-37(41-31(3)42)39(49-34(6)45)38(48-33(5)44)36(50-40)30-46-32(4)43/h35-40H,7-30H2,1-6H3,(H,41,42)/t36-,37+,38+,39+,40-/m1/s1. The highest BCUT2D eigenvalue weighted by Crippen LogP contribution is 2.29. The summed E-state index contributed by atoms with van der Waals surface area (Å²) >= 11 is 0. The fourth-order valence-electron chi connectivity index (χ4n) is 6.82. The maximum atomic E-state index is 12.3. The van der Waals surface area contributed by atoms with Gasteiger partial charge in [-0.15, -0.1) is 0 Å². The van der Waals surface area contributed by atoms with Gasteiger partial charge in [0.25, 0.3) is 0 Å². The second-order valence-electron chi connectivity index (χ2n) is 14.4. The Kier molecular flexibility index (Phi) is 26.9. The summed E-state index contributed by atoms with van der Waals surface area (Å²) in [7, 11) is 0. The number of ether oxygens (including phenoxy) is 5. The van der Waals surface area contributed by atoms with Crippen molar-refractivity contribution in [3.63, 3.8) is 0 Å². The maximum Gasteiger partial charge on any atom is 0.303 e. The predicted molar refractivity (Wildman–Crippen MR) is 196 cm³/mol. The van der Waals surface area contributed by atoms with Crippen LogP contribution in [0.1, 0.15) is 183 Å². The van der Waals surface area contributed by atoms with E-state index in [2.05, 4.69) is 19.2 Å². The third-order valence-electron chi connectivity index (χ3n) is 9.50. The van der Waals surface area contributed by atoms with Crippen molar-refractivity contribution in [2.24, 2.45) is 5.92 Å². The number of carbonyl (C=O) groups excluding carboxylic acids is 4. The van der Waals surface area contributed by atoms with E-state index in [-0.39, 0.29) is 12.5 Å². The quantitative estimate of drug-likeness (QED) is 0.0442. The Morgan fingerprint density at radius 2 is 1.00 bits per heavy atom. The van der Waals surface area contributed by atoms with Gasteiger partial charge in [-0.1, -0.05) is 142 Å². The van der Waals surface area contributed by atoms with Gasteiger partial charge in [-0.25, -0.2) is 0 Å². The Hall–Kier alpha value is -2.20. The first kappa shape index (κ1) is 45.8. The summed E-state index contributed by atoms with van der Waals surface area (Å²) in [6.07, 6.45) is 23.4. The van der Waals surface area contributed by atoms with Crippen molar-refractivity contribution in [2.75, 3.05) is 13.2 Å². The van der Waals surface area contributed by atoms with Crippen LogP contribution in [0.3, 0.4) is 0 Å². The summed E-state index contributed by atoms with van der Waals surface area (Å²) in [5.74, 6) is -1.86. The van der Waals surface area contributed by atoms with Crippen LogP contribution in [-0.2, 0) is 42.9 Å². The van der Waals surface area contributed by atoms with Crippen LogP contribution in [0.2, 0.25) is 0 Å². The SMILES string of the molecule is CCCCCCCCCCCCC(CCCCCCCCCCCC)CO[C@@H]1O[C@H](COC(C)=O)[C@H](OC(C)=O)[C@@H](OC(C)=O)[C@@H]1NC(C)=O. The molecule has 0 bridgehead atoms. The van der Waals surface area contributed by atoms with Crippen LogP contribution in [0, 0.1) is 5.92 Å². The molecule has 0 unspecified atom stereocenters. The van der Waals surface area contributed by atoms with E-state index in [0.29, 0.717) is 12.5 Å². The summed E-state index contributed by atoms with van der Waals surface area (Å²) in [4.78, 5) is 48.3. The van der Waals surface area contributed by atoms with Gasteiger partial charge >= 0.3 is 17.9 Å². The zero-order chi connectivity index (χ0) is 37.0. The van der Waals surface area contributed by atoms with Crippen LogP contribution in [0.5, 0.6) is 0 Å².